The van der Waals surface area contributed by atoms with E-state index in [0.717, 1.165) is 6.42 Å². The standard InChI is InChI=1S/C11H22N2O2S/c1-7(2)5-8(3)12-11(15)10(6-16)13-9(4)14/h7-8,10,16H,5-6H2,1-4H3,(H,12,15)(H,13,14). The Labute approximate surface area is 103 Å². The van der Waals surface area contributed by atoms with E-state index in [9.17, 15) is 9.59 Å². The van der Waals surface area contributed by atoms with Crippen molar-refractivity contribution in [2.45, 2.75) is 46.2 Å². The maximum atomic E-state index is 11.7. The van der Waals surface area contributed by atoms with E-state index in [-0.39, 0.29) is 17.9 Å². The smallest absolute Gasteiger partial charge is 0.243 e. The maximum absolute atomic E-state index is 11.7. The Bertz CT molecular complexity index is 244. The predicted molar refractivity (Wildman–Crippen MR) is 68.5 cm³/mol. The molecule has 0 aromatic carbocycles. The van der Waals surface area contributed by atoms with Gasteiger partial charge in [-0.05, 0) is 19.3 Å². The zero-order valence-corrected chi connectivity index (χ0v) is 11.3. The van der Waals surface area contributed by atoms with Crippen LogP contribution in [0.25, 0.3) is 0 Å². The fraction of sp³-hybridized carbons (Fsp3) is 0.818. The molecule has 16 heavy (non-hydrogen) atoms. The van der Waals surface area contributed by atoms with Crippen LogP contribution >= 0.6 is 12.6 Å². The molecule has 0 aliphatic heterocycles. The van der Waals surface area contributed by atoms with Crippen molar-refractivity contribution in [1.29, 1.82) is 0 Å². The average Bonchev–Trinajstić information content (AvgIpc) is 2.11. The fourth-order valence-electron chi connectivity index (χ4n) is 1.55. The van der Waals surface area contributed by atoms with Crippen LogP contribution in [-0.2, 0) is 9.59 Å². The molecule has 0 aromatic rings. The van der Waals surface area contributed by atoms with Gasteiger partial charge in [0.05, 0.1) is 0 Å². The molecule has 0 fully saturated rings. The van der Waals surface area contributed by atoms with Gasteiger partial charge in [0.1, 0.15) is 6.04 Å². The van der Waals surface area contributed by atoms with Gasteiger partial charge in [0, 0.05) is 18.7 Å². The van der Waals surface area contributed by atoms with Crippen LogP contribution in [0.2, 0.25) is 0 Å². The van der Waals surface area contributed by atoms with E-state index < -0.39 is 6.04 Å². The molecule has 0 spiro atoms. The van der Waals surface area contributed by atoms with Gasteiger partial charge in [-0.3, -0.25) is 9.59 Å². The summed E-state index contributed by atoms with van der Waals surface area (Å²) in [6.07, 6.45) is 0.922. The van der Waals surface area contributed by atoms with Crippen LogP contribution in [0.3, 0.4) is 0 Å². The number of nitrogens with one attached hydrogen (secondary N) is 2. The van der Waals surface area contributed by atoms with E-state index >= 15 is 0 Å². The van der Waals surface area contributed by atoms with Crippen LogP contribution in [0, 0.1) is 5.92 Å². The molecule has 0 rings (SSSR count). The van der Waals surface area contributed by atoms with E-state index in [2.05, 4.69) is 37.1 Å². The summed E-state index contributed by atoms with van der Waals surface area (Å²) in [5, 5.41) is 5.43. The van der Waals surface area contributed by atoms with Gasteiger partial charge in [-0.15, -0.1) is 0 Å². The third kappa shape index (κ3) is 6.71. The van der Waals surface area contributed by atoms with Crippen molar-refractivity contribution in [3.8, 4) is 0 Å². The molecule has 94 valence electrons. The van der Waals surface area contributed by atoms with E-state index in [1.54, 1.807) is 0 Å². The van der Waals surface area contributed by atoms with Crippen molar-refractivity contribution in [3.63, 3.8) is 0 Å². The molecular weight excluding hydrogens is 224 g/mol. The summed E-state index contributed by atoms with van der Waals surface area (Å²) in [5.41, 5.74) is 0. The highest BCUT2D eigenvalue weighted by Gasteiger charge is 2.19. The number of carbonyl (C=O) groups is 2. The van der Waals surface area contributed by atoms with Crippen LogP contribution in [0.15, 0.2) is 0 Å². The number of amides is 2. The average molecular weight is 246 g/mol. The van der Waals surface area contributed by atoms with E-state index in [1.807, 2.05) is 6.92 Å². The Morgan fingerprint density at radius 3 is 2.12 bits per heavy atom. The first-order valence-corrected chi connectivity index (χ1v) is 6.18. The second kappa shape index (κ2) is 7.54. The maximum Gasteiger partial charge on any atom is 0.243 e. The minimum Gasteiger partial charge on any atom is -0.352 e. The molecule has 2 atom stereocenters. The summed E-state index contributed by atoms with van der Waals surface area (Å²) in [4.78, 5) is 22.6. The molecule has 5 heteroatoms. The number of carbonyl (C=O) groups excluding carboxylic acids is 2. The summed E-state index contributed by atoms with van der Waals surface area (Å²) >= 11 is 4.05. The first kappa shape index (κ1) is 15.3. The quantitative estimate of drug-likeness (QED) is 0.612. The lowest BCUT2D eigenvalue weighted by atomic mass is 10.1. The summed E-state index contributed by atoms with van der Waals surface area (Å²) < 4.78 is 0. The number of rotatable bonds is 6. The molecule has 0 heterocycles. The summed E-state index contributed by atoms with van der Waals surface area (Å²) in [7, 11) is 0. The van der Waals surface area contributed by atoms with Crippen LogP contribution in [0.5, 0.6) is 0 Å². The molecule has 2 unspecified atom stereocenters. The lowest BCUT2D eigenvalue weighted by Gasteiger charge is -2.20. The largest absolute Gasteiger partial charge is 0.352 e. The first-order valence-electron chi connectivity index (χ1n) is 5.55. The molecule has 0 aliphatic carbocycles. The summed E-state index contributed by atoms with van der Waals surface area (Å²) in [6, 6.07) is -0.431. The zero-order chi connectivity index (χ0) is 12.7. The molecule has 2 N–H and O–H groups in total. The summed E-state index contributed by atoms with van der Waals surface area (Å²) in [6.45, 7) is 7.56. The van der Waals surface area contributed by atoms with E-state index in [0.29, 0.717) is 11.7 Å². The monoisotopic (exact) mass is 246 g/mol. The molecule has 0 aromatic heterocycles. The predicted octanol–water partition coefficient (Wildman–Crippen LogP) is 0.972. The van der Waals surface area contributed by atoms with Gasteiger partial charge in [-0.2, -0.15) is 12.6 Å². The molecular formula is C11H22N2O2S. The van der Waals surface area contributed by atoms with Gasteiger partial charge in [0.2, 0.25) is 11.8 Å². The van der Waals surface area contributed by atoms with Crippen molar-refractivity contribution >= 4 is 24.4 Å². The topological polar surface area (TPSA) is 58.2 Å². The number of thiol groups is 1. The highest BCUT2D eigenvalue weighted by atomic mass is 32.1. The summed E-state index contributed by atoms with van der Waals surface area (Å²) in [5.74, 6) is 0.453. The van der Waals surface area contributed by atoms with Crippen LogP contribution in [0.4, 0.5) is 0 Å². The SMILES string of the molecule is CC(=O)NC(CS)C(=O)NC(C)CC(C)C. The van der Waals surface area contributed by atoms with Gasteiger partial charge >= 0.3 is 0 Å². The highest BCUT2D eigenvalue weighted by Crippen LogP contribution is 2.04. The Morgan fingerprint density at radius 1 is 1.19 bits per heavy atom. The van der Waals surface area contributed by atoms with Crippen molar-refractivity contribution < 1.29 is 9.59 Å². The third-order valence-electron chi connectivity index (χ3n) is 2.09. The number of hydrogen-bond acceptors (Lipinski definition) is 3. The van der Waals surface area contributed by atoms with Crippen molar-refractivity contribution in [2.75, 3.05) is 5.75 Å². The van der Waals surface area contributed by atoms with Gasteiger partial charge < -0.3 is 10.6 Å². The highest BCUT2D eigenvalue weighted by molar-refractivity contribution is 7.80. The molecule has 0 bridgehead atoms. The van der Waals surface area contributed by atoms with Gasteiger partial charge in [-0.1, -0.05) is 13.8 Å². The Hall–Kier alpha value is -0.710. The minimum absolute atomic E-state index is 0.114. The Kier molecular flexibility index (Phi) is 7.21. The van der Waals surface area contributed by atoms with Crippen LogP contribution in [-0.4, -0.2) is 29.7 Å². The third-order valence-corrected chi connectivity index (χ3v) is 2.46. The minimum atomic E-state index is -0.546. The van der Waals surface area contributed by atoms with E-state index in [1.165, 1.54) is 6.92 Å². The molecule has 2 amide bonds. The van der Waals surface area contributed by atoms with Gasteiger partial charge in [-0.25, -0.2) is 0 Å². The lowest BCUT2D eigenvalue weighted by molar-refractivity contribution is -0.127. The second-order valence-electron chi connectivity index (χ2n) is 4.47. The van der Waals surface area contributed by atoms with Crippen LogP contribution < -0.4 is 10.6 Å². The Balaban J connectivity index is 4.15. The second-order valence-corrected chi connectivity index (χ2v) is 4.84. The van der Waals surface area contributed by atoms with Crippen molar-refractivity contribution in [2.24, 2.45) is 5.92 Å². The number of hydrogen-bond donors (Lipinski definition) is 3. The molecule has 0 saturated heterocycles. The molecule has 0 aliphatic rings. The van der Waals surface area contributed by atoms with Gasteiger partial charge in [0.25, 0.3) is 0 Å². The zero-order valence-electron chi connectivity index (χ0n) is 10.4. The molecule has 0 saturated carbocycles. The van der Waals surface area contributed by atoms with Crippen molar-refractivity contribution in [1.82, 2.24) is 10.6 Å². The lowest BCUT2D eigenvalue weighted by Crippen LogP contribution is -2.49. The van der Waals surface area contributed by atoms with Crippen LogP contribution in [0.1, 0.15) is 34.1 Å². The normalized spacial score (nSPS) is 14.4. The fourth-order valence-corrected chi connectivity index (χ4v) is 1.81. The van der Waals surface area contributed by atoms with Gasteiger partial charge in [0.15, 0.2) is 0 Å². The van der Waals surface area contributed by atoms with E-state index in [4.69, 9.17) is 0 Å². The first-order chi connectivity index (χ1) is 7.36. The molecule has 0 radical (unpaired) electrons. The van der Waals surface area contributed by atoms with Crippen molar-refractivity contribution in [3.05, 3.63) is 0 Å². The molecule has 4 nitrogen and oxygen atoms in total. The Morgan fingerprint density at radius 2 is 1.75 bits per heavy atom.